The Hall–Kier alpha value is -0.980. The Bertz CT molecular complexity index is 540. The van der Waals surface area contributed by atoms with Crippen molar-refractivity contribution in [3.05, 3.63) is 14.2 Å². The van der Waals surface area contributed by atoms with E-state index in [0.717, 1.165) is 11.3 Å². The molecule has 0 aliphatic heterocycles. The van der Waals surface area contributed by atoms with Crippen molar-refractivity contribution in [1.82, 2.24) is 5.32 Å². The number of anilines is 1. The number of thiophene rings is 1. The Labute approximate surface area is 124 Å². The zero-order valence-corrected chi connectivity index (χ0v) is 12.4. The van der Waals surface area contributed by atoms with Crippen molar-refractivity contribution in [2.24, 2.45) is 0 Å². The van der Waals surface area contributed by atoms with Crippen molar-refractivity contribution < 1.29 is 14.3 Å². The Kier molecular flexibility index (Phi) is 3.94. The van der Waals surface area contributed by atoms with Gasteiger partial charge in [-0.2, -0.15) is 0 Å². The minimum atomic E-state index is -0.914. The maximum absolute atomic E-state index is 12.1. The molecule has 1 fully saturated rings. The van der Waals surface area contributed by atoms with Crippen molar-refractivity contribution in [1.29, 1.82) is 0 Å². The van der Waals surface area contributed by atoms with E-state index in [1.165, 1.54) is 0 Å². The molecule has 0 atom stereocenters. The molecule has 5 nitrogen and oxygen atoms in total. The minimum absolute atomic E-state index is 0.133. The van der Waals surface area contributed by atoms with Gasteiger partial charge in [-0.15, -0.1) is 11.3 Å². The van der Waals surface area contributed by atoms with Crippen LogP contribution in [0, 0.1) is 0 Å². The van der Waals surface area contributed by atoms with Crippen LogP contribution in [0.15, 0.2) is 0 Å². The normalized spacial score (nSPS) is 15.9. The van der Waals surface area contributed by atoms with Gasteiger partial charge in [0.1, 0.15) is 14.8 Å². The van der Waals surface area contributed by atoms with Crippen molar-refractivity contribution in [3.8, 4) is 0 Å². The third-order valence-corrected chi connectivity index (χ3v) is 4.84. The fourth-order valence-electron chi connectivity index (χ4n) is 1.61. The number of ether oxygens (including phenoxy) is 1. The number of nitrogens with two attached hydrogens (primary N) is 1. The fourth-order valence-corrected chi connectivity index (χ4v) is 2.95. The SMILES string of the molecule is CCOC(=O)C1(NC(=O)c2sc(Cl)c(Cl)c2N)CC1. The first-order valence-corrected chi connectivity index (χ1v) is 7.21. The lowest BCUT2D eigenvalue weighted by Gasteiger charge is -2.15. The van der Waals surface area contributed by atoms with Crippen molar-refractivity contribution in [2.45, 2.75) is 25.3 Å². The molecule has 3 N–H and O–H groups in total. The number of halogens is 2. The van der Waals surface area contributed by atoms with Gasteiger partial charge in [0.2, 0.25) is 0 Å². The highest BCUT2D eigenvalue weighted by Gasteiger charge is 2.53. The molecule has 0 unspecified atom stereocenters. The van der Waals surface area contributed by atoms with E-state index in [1.54, 1.807) is 6.92 Å². The largest absolute Gasteiger partial charge is 0.464 e. The summed E-state index contributed by atoms with van der Waals surface area (Å²) in [7, 11) is 0. The van der Waals surface area contributed by atoms with Gasteiger partial charge in [-0.3, -0.25) is 4.79 Å². The molecule has 8 heteroatoms. The number of hydrogen-bond acceptors (Lipinski definition) is 5. The zero-order valence-electron chi connectivity index (χ0n) is 10.1. The van der Waals surface area contributed by atoms with Gasteiger partial charge in [-0.25, -0.2) is 4.79 Å². The molecule has 0 radical (unpaired) electrons. The molecule has 104 valence electrons. The molecule has 0 bridgehead atoms. The number of esters is 1. The number of amides is 1. The highest BCUT2D eigenvalue weighted by Crippen LogP contribution is 2.41. The van der Waals surface area contributed by atoms with Crippen LogP contribution in [0.2, 0.25) is 9.36 Å². The molecule has 1 aromatic rings. The molecule has 1 aromatic heterocycles. The molecule has 1 aliphatic carbocycles. The Morgan fingerprint density at radius 3 is 2.53 bits per heavy atom. The van der Waals surface area contributed by atoms with E-state index in [1.807, 2.05) is 0 Å². The summed E-state index contributed by atoms with van der Waals surface area (Å²) >= 11 is 12.6. The highest BCUT2D eigenvalue weighted by atomic mass is 35.5. The fraction of sp³-hybridized carbons (Fsp3) is 0.455. The summed E-state index contributed by atoms with van der Waals surface area (Å²) in [5, 5.41) is 2.81. The van der Waals surface area contributed by atoms with Gasteiger partial charge in [-0.1, -0.05) is 23.2 Å². The van der Waals surface area contributed by atoms with Crippen LogP contribution in [0.25, 0.3) is 0 Å². The first-order valence-electron chi connectivity index (χ1n) is 5.64. The number of carbonyl (C=O) groups excluding carboxylic acids is 2. The summed E-state index contributed by atoms with van der Waals surface area (Å²) in [6.45, 7) is 1.99. The van der Waals surface area contributed by atoms with Gasteiger partial charge in [0, 0.05) is 0 Å². The highest BCUT2D eigenvalue weighted by molar-refractivity contribution is 7.19. The van der Waals surface area contributed by atoms with Crippen LogP contribution < -0.4 is 11.1 Å². The summed E-state index contributed by atoms with van der Waals surface area (Å²) < 4.78 is 5.19. The van der Waals surface area contributed by atoms with Crippen molar-refractivity contribution in [2.75, 3.05) is 12.3 Å². The van der Waals surface area contributed by atoms with Gasteiger partial charge >= 0.3 is 5.97 Å². The summed E-state index contributed by atoms with van der Waals surface area (Å²) in [6, 6.07) is 0. The van der Waals surface area contributed by atoms with E-state index >= 15 is 0 Å². The number of rotatable bonds is 4. The lowest BCUT2D eigenvalue weighted by molar-refractivity contribution is -0.146. The van der Waals surface area contributed by atoms with E-state index < -0.39 is 17.4 Å². The third-order valence-electron chi connectivity index (χ3n) is 2.82. The Morgan fingerprint density at radius 1 is 1.47 bits per heavy atom. The summed E-state index contributed by atoms with van der Waals surface area (Å²) in [4.78, 5) is 24.0. The van der Waals surface area contributed by atoms with Gasteiger partial charge < -0.3 is 15.8 Å². The average Bonchev–Trinajstić information content (AvgIpc) is 3.09. The van der Waals surface area contributed by atoms with Crippen LogP contribution in [0.1, 0.15) is 29.4 Å². The number of nitrogen functional groups attached to an aromatic ring is 1. The lowest BCUT2D eigenvalue weighted by atomic mass is 10.2. The van der Waals surface area contributed by atoms with E-state index in [2.05, 4.69) is 5.32 Å². The second-order valence-corrected chi connectivity index (χ2v) is 6.19. The first kappa shape index (κ1) is 14.4. The van der Waals surface area contributed by atoms with E-state index in [9.17, 15) is 9.59 Å². The Balaban J connectivity index is 2.13. The van der Waals surface area contributed by atoms with E-state index in [0.29, 0.717) is 12.8 Å². The molecule has 1 heterocycles. The van der Waals surface area contributed by atoms with Crippen LogP contribution in [0.5, 0.6) is 0 Å². The number of carbonyl (C=O) groups is 2. The van der Waals surface area contributed by atoms with Crippen LogP contribution in [-0.2, 0) is 9.53 Å². The second-order valence-electron chi connectivity index (χ2n) is 4.19. The van der Waals surface area contributed by atoms with Crippen LogP contribution in [-0.4, -0.2) is 24.0 Å². The summed E-state index contributed by atoms with van der Waals surface area (Å²) in [5.74, 6) is -0.877. The predicted octanol–water partition coefficient (Wildman–Crippen LogP) is 2.46. The van der Waals surface area contributed by atoms with Crippen LogP contribution >= 0.6 is 34.5 Å². The van der Waals surface area contributed by atoms with Gasteiger partial charge in [0.05, 0.1) is 17.3 Å². The molecule has 2 rings (SSSR count). The third kappa shape index (κ3) is 2.66. The maximum Gasteiger partial charge on any atom is 0.331 e. The molecule has 1 saturated carbocycles. The molecule has 0 aromatic carbocycles. The second kappa shape index (κ2) is 5.19. The average molecular weight is 323 g/mol. The molecular weight excluding hydrogens is 311 g/mol. The van der Waals surface area contributed by atoms with Gasteiger partial charge in [0.25, 0.3) is 5.91 Å². The number of hydrogen-bond donors (Lipinski definition) is 2. The van der Waals surface area contributed by atoms with Gasteiger partial charge in [0.15, 0.2) is 0 Å². The smallest absolute Gasteiger partial charge is 0.331 e. The monoisotopic (exact) mass is 322 g/mol. The molecule has 1 amide bonds. The molecule has 0 saturated heterocycles. The first-order chi connectivity index (χ1) is 8.91. The van der Waals surface area contributed by atoms with Crippen LogP contribution in [0.4, 0.5) is 5.69 Å². The van der Waals surface area contributed by atoms with Crippen molar-refractivity contribution in [3.63, 3.8) is 0 Å². The van der Waals surface area contributed by atoms with Crippen LogP contribution in [0.3, 0.4) is 0 Å². The number of nitrogens with one attached hydrogen (secondary N) is 1. The molecule has 1 aliphatic rings. The quantitative estimate of drug-likeness (QED) is 0.834. The molecule has 0 spiro atoms. The Morgan fingerprint density at radius 2 is 2.11 bits per heavy atom. The summed E-state index contributed by atoms with van der Waals surface area (Å²) in [6.07, 6.45) is 1.12. The van der Waals surface area contributed by atoms with E-state index in [-0.39, 0.29) is 26.5 Å². The maximum atomic E-state index is 12.1. The van der Waals surface area contributed by atoms with E-state index in [4.69, 9.17) is 33.7 Å². The minimum Gasteiger partial charge on any atom is -0.464 e. The lowest BCUT2D eigenvalue weighted by Crippen LogP contribution is -2.44. The zero-order chi connectivity index (χ0) is 14.2. The molecular formula is C11H12Cl2N2O3S. The van der Waals surface area contributed by atoms with Crippen molar-refractivity contribution >= 4 is 52.1 Å². The predicted molar refractivity (Wildman–Crippen MR) is 74.8 cm³/mol. The standard InChI is InChI=1S/C11H12Cl2N2O3S/c1-2-18-10(17)11(3-4-11)15-9(16)7-6(14)5(12)8(13)19-7/h2-4,14H2,1H3,(H,15,16). The topological polar surface area (TPSA) is 81.4 Å². The van der Waals surface area contributed by atoms with Gasteiger partial charge in [-0.05, 0) is 19.8 Å². The summed E-state index contributed by atoms with van der Waals surface area (Å²) in [5.41, 5.74) is 4.91. The molecule has 19 heavy (non-hydrogen) atoms.